The average molecular weight is 242 g/mol. The standard InChI is InChI=1S/C15H12ClN/c16-15-12-8-4-5-9-13(12)17-14(15)10-11-6-2-1-3-7-11/h1-9,17H,10H2. The number of nitrogens with one attached hydrogen (secondary N) is 1. The van der Waals surface area contributed by atoms with Crippen LogP contribution in [-0.4, -0.2) is 4.98 Å². The monoisotopic (exact) mass is 241 g/mol. The molecule has 0 saturated heterocycles. The van der Waals surface area contributed by atoms with Gasteiger partial charge in [0.1, 0.15) is 0 Å². The molecule has 1 nitrogen and oxygen atoms in total. The second-order valence-corrected chi connectivity index (χ2v) is 4.50. The summed E-state index contributed by atoms with van der Waals surface area (Å²) in [6.07, 6.45) is 0.842. The third-order valence-corrected chi connectivity index (χ3v) is 3.37. The van der Waals surface area contributed by atoms with Gasteiger partial charge >= 0.3 is 0 Å². The molecule has 2 aromatic carbocycles. The van der Waals surface area contributed by atoms with Crippen molar-refractivity contribution in [3.8, 4) is 0 Å². The van der Waals surface area contributed by atoms with Gasteiger partial charge in [0.15, 0.2) is 0 Å². The van der Waals surface area contributed by atoms with Crippen molar-refractivity contribution in [1.82, 2.24) is 4.98 Å². The highest BCUT2D eigenvalue weighted by atomic mass is 35.5. The summed E-state index contributed by atoms with van der Waals surface area (Å²) in [6.45, 7) is 0. The predicted octanol–water partition coefficient (Wildman–Crippen LogP) is 4.41. The van der Waals surface area contributed by atoms with Crippen molar-refractivity contribution in [3.05, 3.63) is 70.9 Å². The van der Waals surface area contributed by atoms with E-state index in [1.165, 1.54) is 5.56 Å². The maximum absolute atomic E-state index is 6.38. The Labute approximate surface area is 105 Å². The van der Waals surface area contributed by atoms with Crippen molar-refractivity contribution in [2.24, 2.45) is 0 Å². The lowest BCUT2D eigenvalue weighted by molar-refractivity contribution is 1.12. The predicted molar refractivity (Wildman–Crippen MR) is 72.6 cm³/mol. The minimum atomic E-state index is 0.837. The Morgan fingerprint density at radius 2 is 1.59 bits per heavy atom. The Bertz CT molecular complexity index is 640. The molecule has 3 rings (SSSR count). The van der Waals surface area contributed by atoms with Gasteiger partial charge in [-0.3, -0.25) is 0 Å². The molecule has 0 aliphatic heterocycles. The lowest BCUT2D eigenvalue weighted by Gasteiger charge is -1.99. The number of aromatic nitrogens is 1. The van der Waals surface area contributed by atoms with Crippen LogP contribution in [0.25, 0.3) is 10.9 Å². The highest BCUT2D eigenvalue weighted by molar-refractivity contribution is 6.36. The van der Waals surface area contributed by atoms with E-state index >= 15 is 0 Å². The lowest BCUT2D eigenvalue weighted by atomic mass is 10.1. The second-order valence-electron chi connectivity index (χ2n) is 4.13. The van der Waals surface area contributed by atoms with E-state index in [4.69, 9.17) is 11.6 Å². The summed E-state index contributed by atoms with van der Waals surface area (Å²) < 4.78 is 0. The molecule has 0 fully saturated rings. The molecule has 0 amide bonds. The van der Waals surface area contributed by atoms with Crippen LogP contribution < -0.4 is 0 Å². The third-order valence-electron chi connectivity index (χ3n) is 2.94. The van der Waals surface area contributed by atoms with Crippen molar-refractivity contribution >= 4 is 22.5 Å². The Morgan fingerprint density at radius 1 is 0.882 bits per heavy atom. The second kappa shape index (κ2) is 4.27. The summed E-state index contributed by atoms with van der Waals surface area (Å²) in [7, 11) is 0. The van der Waals surface area contributed by atoms with Crippen LogP contribution in [0.1, 0.15) is 11.3 Å². The summed E-state index contributed by atoms with van der Waals surface area (Å²) in [4.78, 5) is 3.38. The van der Waals surface area contributed by atoms with Gasteiger partial charge in [-0.15, -0.1) is 0 Å². The largest absolute Gasteiger partial charge is 0.357 e. The molecular formula is C15H12ClN. The maximum atomic E-state index is 6.38. The zero-order valence-electron chi connectivity index (χ0n) is 9.28. The van der Waals surface area contributed by atoms with Crippen LogP contribution in [0.4, 0.5) is 0 Å². The minimum absolute atomic E-state index is 0.837. The van der Waals surface area contributed by atoms with Crippen molar-refractivity contribution in [1.29, 1.82) is 0 Å². The van der Waals surface area contributed by atoms with Crippen molar-refractivity contribution in [3.63, 3.8) is 0 Å². The van der Waals surface area contributed by atoms with Crippen LogP contribution in [0, 0.1) is 0 Å². The number of fused-ring (bicyclic) bond motifs is 1. The number of aromatic amines is 1. The molecule has 0 atom stereocenters. The molecule has 1 heterocycles. The van der Waals surface area contributed by atoms with Gasteiger partial charge in [0.2, 0.25) is 0 Å². The first-order chi connectivity index (χ1) is 8.34. The summed E-state index contributed by atoms with van der Waals surface area (Å²) in [5, 5.41) is 1.93. The number of hydrogen-bond donors (Lipinski definition) is 1. The molecule has 84 valence electrons. The summed E-state index contributed by atoms with van der Waals surface area (Å²) in [5.74, 6) is 0. The summed E-state index contributed by atoms with van der Waals surface area (Å²) >= 11 is 6.38. The molecule has 0 bridgehead atoms. The van der Waals surface area contributed by atoms with E-state index in [9.17, 15) is 0 Å². The first kappa shape index (κ1) is 10.4. The Hall–Kier alpha value is -1.73. The fraction of sp³-hybridized carbons (Fsp3) is 0.0667. The zero-order valence-corrected chi connectivity index (χ0v) is 10.0. The number of H-pyrrole nitrogens is 1. The van der Waals surface area contributed by atoms with Crippen LogP contribution in [0.5, 0.6) is 0 Å². The van der Waals surface area contributed by atoms with Crippen LogP contribution >= 0.6 is 11.6 Å². The molecule has 0 unspecified atom stereocenters. The van der Waals surface area contributed by atoms with Gasteiger partial charge in [-0.05, 0) is 11.6 Å². The molecule has 0 aliphatic carbocycles. The molecule has 1 N–H and O–H groups in total. The third kappa shape index (κ3) is 1.94. The van der Waals surface area contributed by atoms with Gasteiger partial charge in [-0.1, -0.05) is 60.1 Å². The van der Waals surface area contributed by atoms with Gasteiger partial charge in [0.25, 0.3) is 0 Å². The van der Waals surface area contributed by atoms with Crippen LogP contribution in [-0.2, 0) is 6.42 Å². The Kier molecular flexibility index (Phi) is 2.62. The topological polar surface area (TPSA) is 15.8 Å². The highest BCUT2D eigenvalue weighted by Gasteiger charge is 2.08. The van der Waals surface area contributed by atoms with E-state index in [0.717, 1.165) is 28.0 Å². The molecule has 3 aromatic rings. The van der Waals surface area contributed by atoms with E-state index < -0.39 is 0 Å². The first-order valence-corrected chi connectivity index (χ1v) is 6.01. The van der Waals surface area contributed by atoms with Crippen LogP contribution in [0.15, 0.2) is 54.6 Å². The average Bonchev–Trinajstić information content (AvgIpc) is 2.68. The van der Waals surface area contributed by atoms with E-state index in [0.29, 0.717) is 0 Å². The maximum Gasteiger partial charge on any atom is 0.0695 e. The van der Waals surface area contributed by atoms with Crippen LogP contribution in [0.3, 0.4) is 0 Å². The quantitative estimate of drug-likeness (QED) is 0.684. The SMILES string of the molecule is Clc1c(Cc2ccccc2)[nH]c2ccccc12. The number of rotatable bonds is 2. The fourth-order valence-electron chi connectivity index (χ4n) is 2.09. The molecule has 0 saturated carbocycles. The van der Waals surface area contributed by atoms with Crippen molar-refractivity contribution in [2.75, 3.05) is 0 Å². The summed E-state index contributed by atoms with van der Waals surface area (Å²) in [5.41, 5.74) is 3.45. The highest BCUT2D eigenvalue weighted by Crippen LogP contribution is 2.28. The van der Waals surface area contributed by atoms with E-state index in [1.54, 1.807) is 0 Å². The van der Waals surface area contributed by atoms with Gasteiger partial charge in [0, 0.05) is 23.0 Å². The molecular weight excluding hydrogens is 230 g/mol. The molecule has 17 heavy (non-hydrogen) atoms. The lowest BCUT2D eigenvalue weighted by Crippen LogP contribution is -1.88. The van der Waals surface area contributed by atoms with Gasteiger partial charge in [0.05, 0.1) is 5.02 Å². The zero-order chi connectivity index (χ0) is 11.7. The minimum Gasteiger partial charge on any atom is -0.357 e. The first-order valence-electron chi connectivity index (χ1n) is 5.63. The Balaban J connectivity index is 2.04. The Morgan fingerprint density at radius 3 is 2.35 bits per heavy atom. The number of benzene rings is 2. The van der Waals surface area contributed by atoms with E-state index in [-0.39, 0.29) is 0 Å². The van der Waals surface area contributed by atoms with Crippen LogP contribution in [0.2, 0.25) is 5.02 Å². The molecule has 0 aliphatic rings. The summed E-state index contributed by atoms with van der Waals surface area (Å²) in [6, 6.07) is 18.5. The smallest absolute Gasteiger partial charge is 0.0695 e. The van der Waals surface area contributed by atoms with Crippen molar-refractivity contribution < 1.29 is 0 Å². The molecule has 0 spiro atoms. The number of para-hydroxylation sites is 1. The van der Waals surface area contributed by atoms with Gasteiger partial charge in [-0.2, -0.15) is 0 Å². The fourth-order valence-corrected chi connectivity index (χ4v) is 2.36. The van der Waals surface area contributed by atoms with E-state index in [1.807, 2.05) is 36.4 Å². The number of halogens is 1. The molecule has 1 aromatic heterocycles. The molecule has 0 radical (unpaired) electrons. The van der Waals surface area contributed by atoms with Crippen molar-refractivity contribution in [2.45, 2.75) is 6.42 Å². The number of hydrogen-bond acceptors (Lipinski definition) is 0. The van der Waals surface area contributed by atoms with Gasteiger partial charge < -0.3 is 4.98 Å². The van der Waals surface area contributed by atoms with Gasteiger partial charge in [-0.25, -0.2) is 0 Å². The normalized spacial score (nSPS) is 10.9. The van der Waals surface area contributed by atoms with E-state index in [2.05, 4.69) is 23.2 Å². The molecule has 2 heteroatoms.